The predicted octanol–water partition coefficient (Wildman–Crippen LogP) is 4.17. The SMILES string of the molecule is N#Cc1ccc(OCC(=O)Nc2ccccc2Cc2ccccc2)cc1. The quantitative estimate of drug-likeness (QED) is 0.731. The first-order valence-electron chi connectivity index (χ1n) is 8.29. The van der Waals surface area contributed by atoms with Crippen molar-refractivity contribution in [3.8, 4) is 11.8 Å². The first kappa shape index (κ1) is 17.2. The average molecular weight is 342 g/mol. The second-order valence-electron chi connectivity index (χ2n) is 5.79. The van der Waals surface area contributed by atoms with E-state index < -0.39 is 0 Å². The molecule has 4 nitrogen and oxygen atoms in total. The highest BCUT2D eigenvalue weighted by atomic mass is 16.5. The molecule has 26 heavy (non-hydrogen) atoms. The number of rotatable bonds is 6. The summed E-state index contributed by atoms with van der Waals surface area (Å²) in [4.78, 5) is 12.2. The van der Waals surface area contributed by atoms with E-state index in [1.54, 1.807) is 24.3 Å². The lowest BCUT2D eigenvalue weighted by atomic mass is 10.0. The van der Waals surface area contributed by atoms with E-state index in [4.69, 9.17) is 10.00 Å². The molecular formula is C22H18N2O2. The van der Waals surface area contributed by atoms with Crippen molar-refractivity contribution in [3.63, 3.8) is 0 Å². The minimum absolute atomic E-state index is 0.0917. The van der Waals surface area contributed by atoms with E-state index >= 15 is 0 Å². The van der Waals surface area contributed by atoms with Crippen molar-refractivity contribution in [3.05, 3.63) is 95.6 Å². The number of nitrogens with one attached hydrogen (secondary N) is 1. The molecule has 0 heterocycles. The van der Waals surface area contributed by atoms with Crippen LogP contribution < -0.4 is 10.1 Å². The third kappa shape index (κ3) is 4.71. The lowest BCUT2D eigenvalue weighted by Gasteiger charge is -2.12. The van der Waals surface area contributed by atoms with E-state index in [1.807, 2.05) is 48.5 Å². The van der Waals surface area contributed by atoms with Gasteiger partial charge in [0.15, 0.2) is 6.61 Å². The summed E-state index contributed by atoms with van der Waals surface area (Å²) in [6.45, 7) is -0.0917. The van der Waals surface area contributed by atoms with Crippen molar-refractivity contribution >= 4 is 11.6 Å². The molecule has 0 aliphatic heterocycles. The van der Waals surface area contributed by atoms with Crippen LogP contribution in [0.3, 0.4) is 0 Å². The Bertz CT molecular complexity index is 913. The Morgan fingerprint density at radius 3 is 2.35 bits per heavy atom. The smallest absolute Gasteiger partial charge is 0.262 e. The third-order valence-electron chi connectivity index (χ3n) is 3.88. The second kappa shape index (κ2) is 8.50. The summed E-state index contributed by atoms with van der Waals surface area (Å²) in [5, 5.41) is 11.7. The number of hydrogen-bond donors (Lipinski definition) is 1. The van der Waals surface area contributed by atoms with Crippen molar-refractivity contribution in [1.29, 1.82) is 5.26 Å². The van der Waals surface area contributed by atoms with Crippen LogP contribution in [0, 0.1) is 11.3 Å². The van der Waals surface area contributed by atoms with Crippen molar-refractivity contribution in [2.75, 3.05) is 11.9 Å². The number of anilines is 1. The maximum absolute atomic E-state index is 12.2. The van der Waals surface area contributed by atoms with Gasteiger partial charge < -0.3 is 10.1 Å². The molecule has 1 amide bonds. The van der Waals surface area contributed by atoms with Crippen molar-refractivity contribution in [2.45, 2.75) is 6.42 Å². The van der Waals surface area contributed by atoms with Gasteiger partial charge in [0.1, 0.15) is 5.75 Å². The van der Waals surface area contributed by atoms with Crippen LogP contribution in [0.4, 0.5) is 5.69 Å². The van der Waals surface area contributed by atoms with E-state index in [0.29, 0.717) is 11.3 Å². The molecule has 1 N–H and O–H groups in total. The molecule has 0 bridgehead atoms. The van der Waals surface area contributed by atoms with Gasteiger partial charge in [0.25, 0.3) is 5.91 Å². The number of hydrogen-bond acceptors (Lipinski definition) is 3. The molecule has 0 spiro atoms. The Kier molecular flexibility index (Phi) is 5.64. The Balaban J connectivity index is 1.61. The standard InChI is InChI=1S/C22H18N2O2/c23-15-18-10-12-20(13-11-18)26-16-22(25)24-21-9-5-4-8-19(21)14-17-6-2-1-3-7-17/h1-13H,14,16H2,(H,24,25). The number of benzene rings is 3. The highest BCUT2D eigenvalue weighted by molar-refractivity contribution is 5.92. The Labute approximate surface area is 152 Å². The number of carbonyl (C=O) groups is 1. The summed E-state index contributed by atoms with van der Waals surface area (Å²) < 4.78 is 5.48. The number of nitrogens with zero attached hydrogens (tertiary/aromatic N) is 1. The maximum atomic E-state index is 12.2. The molecule has 0 saturated carbocycles. The molecule has 0 unspecified atom stereocenters. The first-order valence-corrected chi connectivity index (χ1v) is 8.29. The number of para-hydroxylation sites is 1. The summed E-state index contributed by atoms with van der Waals surface area (Å²) in [7, 11) is 0. The van der Waals surface area contributed by atoms with Crippen LogP contribution in [-0.2, 0) is 11.2 Å². The van der Waals surface area contributed by atoms with Gasteiger partial charge >= 0.3 is 0 Å². The van der Waals surface area contributed by atoms with Crippen LogP contribution in [0.2, 0.25) is 0 Å². The average Bonchev–Trinajstić information content (AvgIpc) is 2.69. The minimum atomic E-state index is -0.227. The zero-order valence-corrected chi connectivity index (χ0v) is 14.2. The zero-order valence-electron chi connectivity index (χ0n) is 14.2. The number of ether oxygens (including phenoxy) is 1. The lowest BCUT2D eigenvalue weighted by molar-refractivity contribution is -0.118. The van der Waals surface area contributed by atoms with Crippen LogP contribution in [0.25, 0.3) is 0 Å². The normalized spacial score (nSPS) is 9.96. The van der Waals surface area contributed by atoms with Crippen molar-refractivity contribution in [1.82, 2.24) is 0 Å². The van der Waals surface area contributed by atoms with Gasteiger partial charge in [0, 0.05) is 5.69 Å². The zero-order chi connectivity index (χ0) is 18.2. The molecule has 4 heteroatoms. The van der Waals surface area contributed by atoms with Gasteiger partial charge in [0.05, 0.1) is 11.6 Å². The number of carbonyl (C=O) groups excluding carboxylic acids is 1. The molecule has 3 aromatic rings. The van der Waals surface area contributed by atoms with Gasteiger partial charge in [-0.05, 0) is 47.9 Å². The fourth-order valence-electron chi connectivity index (χ4n) is 2.57. The molecule has 128 valence electrons. The molecule has 0 aromatic heterocycles. The fraction of sp³-hybridized carbons (Fsp3) is 0.0909. The van der Waals surface area contributed by atoms with Gasteiger partial charge in [0.2, 0.25) is 0 Å². The topological polar surface area (TPSA) is 62.1 Å². The van der Waals surface area contributed by atoms with Gasteiger partial charge in [-0.2, -0.15) is 5.26 Å². The Hall–Kier alpha value is -3.58. The molecule has 3 aromatic carbocycles. The fourth-order valence-corrected chi connectivity index (χ4v) is 2.57. The molecule has 0 aliphatic carbocycles. The summed E-state index contributed by atoms with van der Waals surface area (Å²) in [6, 6.07) is 26.6. The van der Waals surface area contributed by atoms with E-state index in [0.717, 1.165) is 17.7 Å². The molecule has 0 fully saturated rings. The lowest BCUT2D eigenvalue weighted by Crippen LogP contribution is -2.21. The van der Waals surface area contributed by atoms with Crippen LogP contribution in [-0.4, -0.2) is 12.5 Å². The van der Waals surface area contributed by atoms with Gasteiger partial charge in [-0.1, -0.05) is 48.5 Å². The summed E-state index contributed by atoms with van der Waals surface area (Å²) in [6.07, 6.45) is 0.744. The molecule has 0 saturated heterocycles. The van der Waals surface area contributed by atoms with Crippen LogP contribution in [0.15, 0.2) is 78.9 Å². The van der Waals surface area contributed by atoms with Crippen LogP contribution in [0.5, 0.6) is 5.75 Å². The van der Waals surface area contributed by atoms with Crippen molar-refractivity contribution in [2.24, 2.45) is 0 Å². The van der Waals surface area contributed by atoms with E-state index in [2.05, 4.69) is 17.4 Å². The van der Waals surface area contributed by atoms with E-state index in [1.165, 1.54) is 5.56 Å². The molecule has 0 radical (unpaired) electrons. The molecular weight excluding hydrogens is 324 g/mol. The molecule has 0 atom stereocenters. The third-order valence-corrected chi connectivity index (χ3v) is 3.88. The minimum Gasteiger partial charge on any atom is -0.484 e. The number of amides is 1. The predicted molar refractivity (Wildman–Crippen MR) is 101 cm³/mol. The number of nitriles is 1. The molecule has 0 aliphatic rings. The summed E-state index contributed by atoms with van der Waals surface area (Å²) in [5.41, 5.74) is 3.56. The highest BCUT2D eigenvalue weighted by Crippen LogP contribution is 2.19. The monoisotopic (exact) mass is 342 g/mol. The highest BCUT2D eigenvalue weighted by Gasteiger charge is 2.08. The molecule has 3 rings (SSSR count). The summed E-state index contributed by atoms with van der Waals surface area (Å²) >= 11 is 0. The van der Waals surface area contributed by atoms with Crippen molar-refractivity contribution < 1.29 is 9.53 Å². The van der Waals surface area contributed by atoms with Gasteiger partial charge in [-0.15, -0.1) is 0 Å². The Morgan fingerprint density at radius 1 is 0.923 bits per heavy atom. The second-order valence-corrected chi connectivity index (χ2v) is 5.79. The van der Waals surface area contributed by atoms with Gasteiger partial charge in [-0.3, -0.25) is 4.79 Å². The largest absolute Gasteiger partial charge is 0.484 e. The van der Waals surface area contributed by atoms with E-state index in [9.17, 15) is 4.79 Å². The van der Waals surface area contributed by atoms with Crippen LogP contribution in [0.1, 0.15) is 16.7 Å². The Morgan fingerprint density at radius 2 is 1.62 bits per heavy atom. The first-order chi connectivity index (χ1) is 12.7. The maximum Gasteiger partial charge on any atom is 0.262 e. The van der Waals surface area contributed by atoms with E-state index in [-0.39, 0.29) is 12.5 Å². The van der Waals surface area contributed by atoms with Gasteiger partial charge in [-0.25, -0.2) is 0 Å². The van der Waals surface area contributed by atoms with Crippen LogP contribution >= 0.6 is 0 Å². The summed E-state index contributed by atoms with van der Waals surface area (Å²) in [5.74, 6) is 0.326.